The molecule has 1 aromatic heterocycles. The van der Waals surface area contributed by atoms with Gasteiger partial charge in [-0.1, -0.05) is 0 Å². The van der Waals surface area contributed by atoms with Crippen LogP contribution in [-0.2, 0) is 22.6 Å². The molecule has 0 aliphatic carbocycles. The van der Waals surface area contributed by atoms with E-state index in [0.717, 1.165) is 30.5 Å². The number of nitrogens with zero attached hydrogens (tertiary/aromatic N) is 1. The van der Waals surface area contributed by atoms with Gasteiger partial charge in [-0.25, -0.2) is 0 Å². The van der Waals surface area contributed by atoms with Crippen molar-refractivity contribution in [3.63, 3.8) is 0 Å². The monoisotopic (exact) mass is 329 g/mol. The van der Waals surface area contributed by atoms with E-state index in [1.165, 1.54) is 19.9 Å². The molecule has 2 heterocycles. The van der Waals surface area contributed by atoms with Crippen LogP contribution < -0.4 is 15.0 Å². The van der Waals surface area contributed by atoms with Crippen LogP contribution in [0.2, 0.25) is 0 Å². The fraction of sp³-hybridized carbons (Fsp3) is 0.389. The maximum Gasteiger partial charge on any atom is 0.308 e. The van der Waals surface area contributed by atoms with Gasteiger partial charge < -0.3 is 14.0 Å². The number of hydrogen-bond donors (Lipinski definition) is 0. The average Bonchev–Trinajstić information content (AvgIpc) is 2.53. The molecule has 3 rings (SSSR count). The summed E-state index contributed by atoms with van der Waals surface area (Å²) in [4.78, 5) is 35.7. The van der Waals surface area contributed by atoms with E-state index >= 15 is 0 Å². The summed E-state index contributed by atoms with van der Waals surface area (Å²) in [6, 6.07) is 3.12. The Kier molecular flexibility index (Phi) is 4.13. The number of carbonyl (C=O) groups excluding carboxylic acids is 2. The van der Waals surface area contributed by atoms with E-state index in [1.54, 1.807) is 10.6 Å². The Labute approximate surface area is 139 Å². The van der Waals surface area contributed by atoms with E-state index in [2.05, 4.69) is 0 Å². The lowest BCUT2D eigenvalue weighted by Crippen LogP contribution is -2.28. The third kappa shape index (κ3) is 2.68. The lowest BCUT2D eigenvalue weighted by molar-refractivity contribution is -0.134. The SMILES string of the molecule is CC(=O)Oc1ccc2c(=O)n3c(c(C)c2c1OC(C)=O)CCCC3. The number of aromatic nitrogens is 1. The molecule has 1 aliphatic rings. The summed E-state index contributed by atoms with van der Waals surface area (Å²) in [7, 11) is 0. The quantitative estimate of drug-likeness (QED) is 0.625. The molecule has 0 atom stereocenters. The van der Waals surface area contributed by atoms with Crippen LogP contribution in [0.4, 0.5) is 0 Å². The Hall–Kier alpha value is -2.63. The van der Waals surface area contributed by atoms with E-state index in [4.69, 9.17) is 9.47 Å². The number of esters is 2. The molecule has 0 bridgehead atoms. The zero-order valence-corrected chi connectivity index (χ0v) is 14.0. The van der Waals surface area contributed by atoms with Crippen molar-refractivity contribution in [2.75, 3.05) is 0 Å². The lowest BCUT2D eigenvalue weighted by atomic mass is 9.98. The molecule has 1 aromatic carbocycles. The van der Waals surface area contributed by atoms with Crippen molar-refractivity contribution in [3.8, 4) is 11.5 Å². The summed E-state index contributed by atoms with van der Waals surface area (Å²) >= 11 is 0. The van der Waals surface area contributed by atoms with Crippen molar-refractivity contribution in [2.45, 2.75) is 46.6 Å². The van der Waals surface area contributed by atoms with Crippen LogP contribution in [0, 0.1) is 6.92 Å². The minimum absolute atomic E-state index is 0.104. The molecule has 2 aromatic rings. The summed E-state index contributed by atoms with van der Waals surface area (Å²) in [5, 5.41) is 1.01. The molecular formula is C18H19NO5. The van der Waals surface area contributed by atoms with Crippen molar-refractivity contribution in [3.05, 3.63) is 33.7 Å². The standard InChI is InChI=1S/C18H19NO5/c1-10-14-6-4-5-9-19(14)18(22)13-7-8-15(23-11(2)20)17(16(10)13)24-12(3)21/h7-8H,4-6,9H2,1-3H3. The molecule has 0 amide bonds. The van der Waals surface area contributed by atoms with Gasteiger partial charge in [0.05, 0.1) is 5.39 Å². The minimum Gasteiger partial charge on any atom is -0.423 e. The Morgan fingerprint density at radius 2 is 1.79 bits per heavy atom. The molecule has 0 unspecified atom stereocenters. The van der Waals surface area contributed by atoms with Crippen LogP contribution in [0.5, 0.6) is 11.5 Å². The van der Waals surface area contributed by atoms with Gasteiger partial charge in [0.15, 0.2) is 11.5 Å². The Morgan fingerprint density at radius 1 is 1.08 bits per heavy atom. The van der Waals surface area contributed by atoms with E-state index < -0.39 is 11.9 Å². The van der Waals surface area contributed by atoms with Gasteiger partial charge in [-0.2, -0.15) is 0 Å². The summed E-state index contributed by atoms with van der Waals surface area (Å²) in [6.45, 7) is 5.15. The first-order chi connectivity index (χ1) is 11.4. The summed E-state index contributed by atoms with van der Waals surface area (Å²) in [5.41, 5.74) is 1.73. The number of hydrogen-bond acceptors (Lipinski definition) is 5. The molecule has 6 nitrogen and oxygen atoms in total. The van der Waals surface area contributed by atoms with Gasteiger partial charge in [0.2, 0.25) is 0 Å². The second kappa shape index (κ2) is 6.11. The van der Waals surface area contributed by atoms with Crippen molar-refractivity contribution in [1.29, 1.82) is 0 Å². The minimum atomic E-state index is -0.534. The van der Waals surface area contributed by atoms with Gasteiger partial charge in [0.1, 0.15) is 0 Å². The van der Waals surface area contributed by atoms with Crippen LogP contribution in [0.1, 0.15) is 37.9 Å². The maximum atomic E-state index is 12.8. The largest absolute Gasteiger partial charge is 0.423 e. The van der Waals surface area contributed by atoms with Crippen molar-refractivity contribution >= 4 is 22.7 Å². The van der Waals surface area contributed by atoms with Gasteiger partial charge >= 0.3 is 11.9 Å². The number of fused-ring (bicyclic) bond motifs is 2. The van der Waals surface area contributed by atoms with Gasteiger partial charge in [0, 0.05) is 31.5 Å². The number of rotatable bonds is 2. The topological polar surface area (TPSA) is 74.6 Å². The Morgan fingerprint density at radius 3 is 2.46 bits per heavy atom. The van der Waals surface area contributed by atoms with Crippen LogP contribution in [-0.4, -0.2) is 16.5 Å². The number of aryl methyl sites for hydroxylation is 1. The number of ether oxygens (including phenoxy) is 2. The molecule has 0 saturated heterocycles. The molecule has 0 radical (unpaired) electrons. The second-order valence-corrected chi connectivity index (χ2v) is 5.99. The highest BCUT2D eigenvalue weighted by Crippen LogP contribution is 2.38. The second-order valence-electron chi connectivity index (χ2n) is 5.99. The van der Waals surface area contributed by atoms with Gasteiger partial charge in [-0.3, -0.25) is 14.4 Å². The summed E-state index contributed by atoms with van der Waals surface area (Å²) in [6.07, 6.45) is 2.78. The first-order valence-electron chi connectivity index (χ1n) is 7.96. The zero-order chi connectivity index (χ0) is 17.4. The highest BCUT2D eigenvalue weighted by molar-refractivity contribution is 5.95. The van der Waals surface area contributed by atoms with Gasteiger partial charge in [-0.15, -0.1) is 0 Å². The molecule has 6 heteroatoms. The van der Waals surface area contributed by atoms with Gasteiger partial charge in [-0.05, 0) is 43.9 Å². The molecule has 24 heavy (non-hydrogen) atoms. The van der Waals surface area contributed by atoms with Crippen LogP contribution >= 0.6 is 0 Å². The number of pyridine rings is 1. The van der Waals surface area contributed by atoms with Crippen molar-refractivity contribution in [1.82, 2.24) is 4.57 Å². The van der Waals surface area contributed by atoms with E-state index in [0.29, 0.717) is 17.3 Å². The zero-order valence-electron chi connectivity index (χ0n) is 14.0. The fourth-order valence-corrected chi connectivity index (χ4v) is 3.33. The summed E-state index contributed by atoms with van der Waals surface area (Å²) < 4.78 is 12.3. The van der Waals surface area contributed by atoms with Crippen molar-refractivity contribution in [2.24, 2.45) is 0 Å². The Bertz CT molecular complexity index is 910. The molecule has 0 saturated carbocycles. The van der Waals surface area contributed by atoms with E-state index in [-0.39, 0.29) is 17.1 Å². The highest BCUT2D eigenvalue weighted by atomic mass is 16.6. The Balaban J connectivity index is 2.39. The predicted molar refractivity (Wildman–Crippen MR) is 88.5 cm³/mol. The molecule has 1 aliphatic heterocycles. The first kappa shape index (κ1) is 16.2. The normalized spacial score (nSPS) is 13.5. The third-order valence-corrected chi connectivity index (χ3v) is 4.28. The van der Waals surface area contributed by atoms with Crippen LogP contribution in [0.3, 0.4) is 0 Å². The highest BCUT2D eigenvalue weighted by Gasteiger charge is 2.23. The predicted octanol–water partition coefficient (Wildman–Crippen LogP) is 2.50. The third-order valence-electron chi connectivity index (χ3n) is 4.28. The maximum absolute atomic E-state index is 12.8. The van der Waals surface area contributed by atoms with E-state index in [1.807, 2.05) is 6.92 Å². The summed E-state index contributed by atoms with van der Waals surface area (Å²) in [5.74, 6) is -0.768. The van der Waals surface area contributed by atoms with Crippen molar-refractivity contribution < 1.29 is 19.1 Å². The molecule has 0 N–H and O–H groups in total. The average molecular weight is 329 g/mol. The van der Waals surface area contributed by atoms with Crippen LogP contribution in [0.25, 0.3) is 10.8 Å². The van der Waals surface area contributed by atoms with Crippen LogP contribution in [0.15, 0.2) is 16.9 Å². The first-order valence-corrected chi connectivity index (χ1v) is 7.96. The number of carbonyl (C=O) groups is 2. The fourth-order valence-electron chi connectivity index (χ4n) is 3.33. The van der Waals surface area contributed by atoms with E-state index in [9.17, 15) is 14.4 Å². The molecule has 0 spiro atoms. The molecule has 126 valence electrons. The molecular weight excluding hydrogens is 310 g/mol. The smallest absolute Gasteiger partial charge is 0.308 e. The number of benzene rings is 1. The lowest BCUT2D eigenvalue weighted by Gasteiger charge is -2.23. The molecule has 0 fully saturated rings. The van der Waals surface area contributed by atoms with Gasteiger partial charge in [0.25, 0.3) is 5.56 Å².